The van der Waals surface area contributed by atoms with Crippen LogP contribution in [0.3, 0.4) is 0 Å². The van der Waals surface area contributed by atoms with Crippen molar-refractivity contribution in [3.63, 3.8) is 0 Å². The molecule has 3 aromatic rings. The molecule has 1 fully saturated rings. The molecule has 7 heteroatoms. The minimum Gasteiger partial charge on any atom is -0.399 e. The van der Waals surface area contributed by atoms with Gasteiger partial charge in [0.15, 0.2) is 5.82 Å². The summed E-state index contributed by atoms with van der Waals surface area (Å²) in [5, 5.41) is 7.65. The number of anilines is 2. The Morgan fingerprint density at radius 1 is 1.13 bits per heavy atom. The highest BCUT2D eigenvalue weighted by Crippen LogP contribution is 2.37. The summed E-state index contributed by atoms with van der Waals surface area (Å²) in [4.78, 5) is 26.8. The van der Waals surface area contributed by atoms with Gasteiger partial charge in [0.2, 0.25) is 5.91 Å². The van der Waals surface area contributed by atoms with Gasteiger partial charge in [0.25, 0.3) is 5.56 Å². The van der Waals surface area contributed by atoms with Crippen LogP contribution in [0.4, 0.5) is 11.5 Å². The number of carbonyl (C=O) groups excluding carboxylic acids is 1. The highest BCUT2D eigenvalue weighted by atomic mass is 16.2. The van der Waals surface area contributed by atoms with Crippen LogP contribution < -0.4 is 17.0 Å². The molecular weight excluding hydrogens is 378 g/mol. The Morgan fingerprint density at radius 2 is 1.80 bits per heavy atom. The molecule has 1 saturated heterocycles. The van der Waals surface area contributed by atoms with Crippen molar-refractivity contribution in [2.24, 2.45) is 5.92 Å². The number of likely N-dealkylation sites (tertiary alicyclic amines) is 1. The zero-order valence-electron chi connectivity index (χ0n) is 17.3. The number of rotatable bonds is 3. The van der Waals surface area contributed by atoms with E-state index < -0.39 is 0 Å². The number of aromatic amines is 1. The molecule has 0 aliphatic carbocycles. The van der Waals surface area contributed by atoms with E-state index in [1.54, 1.807) is 0 Å². The van der Waals surface area contributed by atoms with Gasteiger partial charge in [0.1, 0.15) is 0 Å². The normalized spacial score (nSPS) is 15.1. The fraction of sp³-hybridized carbons (Fsp3) is 0.348. The van der Waals surface area contributed by atoms with Crippen LogP contribution in [-0.2, 0) is 4.79 Å². The Balaban J connectivity index is 1.77. The van der Waals surface area contributed by atoms with Crippen molar-refractivity contribution < 1.29 is 4.79 Å². The second-order valence-electron chi connectivity index (χ2n) is 8.31. The van der Waals surface area contributed by atoms with Crippen LogP contribution in [0.25, 0.3) is 21.9 Å². The van der Waals surface area contributed by atoms with Gasteiger partial charge < -0.3 is 16.4 Å². The summed E-state index contributed by atoms with van der Waals surface area (Å²) in [5.41, 5.74) is 15.3. The molecule has 0 spiro atoms. The molecule has 0 atom stereocenters. The molecule has 156 valence electrons. The zero-order valence-corrected chi connectivity index (χ0v) is 17.3. The van der Waals surface area contributed by atoms with Crippen LogP contribution in [0.15, 0.2) is 41.2 Å². The molecular formula is C23H27N5O2. The summed E-state index contributed by atoms with van der Waals surface area (Å²) in [6.45, 7) is 5.32. The Morgan fingerprint density at radius 3 is 2.43 bits per heavy atom. The molecule has 1 aliphatic rings. The van der Waals surface area contributed by atoms with Gasteiger partial charge in [0.05, 0.1) is 5.39 Å². The van der Waals surface area contributed by atoms with Crippen molar-refractivity contribution in [3.05, 3.63) is 52.3 Å². The lowest BCUT2D eigenvalue weighted by Crippen LogP contribution is -2.40. The molecule has 0 bridgehead atoms. The number of hydrogen-bond acceptors (Lipinski definition) is 5. The molecule has 7 nitrogen and oxygen atoms in total. The van der Waals surface area contributed by atoms with E-state index in [-0.39, 0.29) is 23.3 Å². The van der Waals surface area contributed by atoms with Crippen molar-refractivity contribution in [1.29, 1.82) is 0 Å². The first-order chi connectivity index (χ1) is 14.3. The number of fused-ring (bicyclic) bond motifs is 1. The van der Waals surface area contributed by atoms with E-state index in [4.69, 9.17) is 11.5 Å². The molecule has 1 aromatic heterocycles. The maximum absolute atomic E-state index is 12.6. The second kappa shape index (κ2) is 7.82. The lowest BCUT2D eigenvalue weighted by Gasteiger charge is -2.33. The summed E-state index contributed by atoms with van der Waals surface area (Å²) in [6.07, 6.45) is 1.73. The third-order valence-electron chi connectivity index (χ3n) is 5.93. The first kappa shape index (κ1) is 19.9. The number of amides is 1. The number of nitrogens with one attached hydrogen (secondary N) is 1. The van der Waals surface area contributed by atoms with E-state index in [1.807, 2.05) is 49.1 Å². The highest BCUT2D eigenvalue weighted by molar-refractivity contribution is 6.03. The molecule has 5 N–H and O–H groups in total. The molecule has 4 rings (SSSR count). The fourth-order valence-electron chi connectivity index (χ4n) is 4.27. The van der Waals surface area contributed by atoms with Crippen molar-refractivity contribution in [3.8, 4) is 11.1 Å². The van der Waals surface area contributed by atoms with E-state index in [9.17, 15) is 9.59 Å². The number of hydrogen-bond donors (Lipinski definition) is 3. The average molecular weight is 406 g/mol. The van der Waals surface area contributed by atoms with Crippen LogP contribution in [-0.4, -0.2) is 34.1 Å². The molecule has 1 amide bonds. The highest BCUT2D eigenvalue weighted by Gasteiger charge is 2.26. The maximum Gasteiger partial charge on any atom is 0.272 e. The maximum atomic E-state index is 12.6. The molecule has 1 aliphatic heterocycles. The summed E-state index contributed by atoms with van der Waals surface area (Å²) >= 11 is 0. The third-order valence-corrected chi connectivity index (χ3v) is 5.93. The van der Waals surface area contributed by atoms with E-state index in [0.29, 0.717) is 22.3 Å². The predicted molar refractivity (Wildman–Crippen MR) is 120 cm³/mol. The minimum atomic E-state index is -0.259. The summed E-state index contributed by atoms with van der Waals surface area (Å²) < 4.78 is 0. The van der Waals surface area contributed by atoms with Crippen LogP contribution >= 0.6 is 0 Å². The topological polar surface area (TPSA) is 118 Å². The Kier molecular flexibility index (Phi) is 5.20. The van der Waals surface area contributed by atoms with E-state index in [0.717, 1.165) is 42.6 Å². The van der Waals surface area contributed by atoms with Gasteiger partial charge in [-0.15, -0.1) is 0 Å². The van der Waals surface area contributed by atoms with Crippen molar-refractivity contribution >= 4 is 28.2 Å². The monoisotopic (exact) mass is 405 g/mol. The number of carbonyl (C=O) groups is 1. The SMILES string of the molecule is CC(C)C(=O)N1CCC(c2cc(-c3ccc(N)cc3)c3c(N)n[nH]c(=O)c3c2)CC1. The molecule has 2 heterocycles. The number of aromatic nitrogens is 2. The number of nitrogens with two attached hydrogens (primary N) is 2. The Bertz CT molecular complexity index is 1140. The number of H-pyrrole nitrogens is 1. The summed E-state index contributed by atoms with van der Waals surface area (Å²) in [7, 11) is 0. The number of nitrogens with zero attached hydrogens (tertiary/aromatic N) is 2. The van der Waals surface area contributed by atoms with E-state index in [1.165, 1.54) is 0 Å². The summed E-state index contributed by atoms with van der Waals surface area (Å²) in [6, 6.07) is 11.6. The van der Waals surface area contributed by atoms with Gasteiger partial charge in [-0.25, -0.2) is 5.10 Å². The van der Waals surface area contributed by atoms with Crippen LogP contribution in [0.2, 0.25) is 0 Å². The quantitative estimate of drug-likeness (QED) is 0.579. The largest absolute Gasteiger partial charge is 0.399 e. The Labute approximate surface area is 175 Å². The number of piperidine rings is 1. The predicted octanol–water partition coefficient (Wildman–Crippen LogP) is 3.12. The summed E-state index contributed by atoms with van der Waals surface area (Å²) in [5.74, 6) is 0.769. The van der Waals surface area contributed by atoms with Gasteiger partial charge in [-0.05, 0) is 53.6 Å². The fourth-order valence-corrected chi connectivity index (χ4v) is 4.27. The van der Waals surface area contributed by atoms with Crippen molar-refractivity contribution in [1.82, 2.24) is 15.1 Å². The van der Waals surface area contributed by atoms with Crippen LogP contribution in [0.5, 0.6) is 0 Å². The lowest BCUT2D eigenvalue weighted by molar-refractivity contribution is -0.135. The molecule has 0 radical (unpaired) electrons. The van der Waals surface area contributed by atoms with Gasteiger partial charge in [-0.2, -0.15) is 5.10 Å². The van der Waals surface area contributed by atoms with Gasteiger partial charge in [0, 0.05) is 30.1 Å². The van der Waals surface area contributed by atoms with Gasteiger partial charge in [-0.1, -0.05) is 32.0 Å². The number of nitrogen functional groups attached to an aromatic ring is 2. The molecule has 0 saturated carbocycles. The van der Waals surface area contributed by atoms with Crippen LogP contribution in [0, 0.1) is 5.92 Å². The standard InChI is InChI=1S/C23H27N5O2/c1-13(2)23(30)28-9-7-14(8-10-28)16-11-18(15-3-5-17(24)6-4-15)20-19(12-16)22(29)27-26-21(20)25/h3-6,11-14H,7-10,24H2,1-2H3,(H2,25,26)(H,27,29). The van der Waals surface area contributed by atoms with Gasteiger partial charge in [-0.3, -0.25) is 9.59 Å². The second-order valence-corrected chi connectivity index (χ2v) is 8.31. The molecule has 30 heavy (non-hydrogen) atoms. The average Bonchev–Trinajstić information content (AvgIpc) is 2.75. The van der Waals surface area contributed by atoms with Crippen LogP contribution in [0.1, 0.15) is 38.2 Å². The minimum absolute atomic E-state index is 0.00775. The smallest absolute Gasteiger partial charge is 0.272 e. The third kappa shape index (κ3) is 3.63. The van der Waals surface area contributed by atoms with Crippen molar-refractivity contribution in [2.75, 3.05) is 24.6 Å². The Hall–Kier alpha value is -3.35. The van der Waals surface area contributed by atoms with E-state index >= 15 is 0 Å². The lowest BCUT2D eigenvalue weighted by atomic mass is 9.85. The van der Waals surface area contributed by atoms with Crippen molar-refractivity contribution in [2.45, 2.75) is 32.6 Å². The number of benzene rings is 2. The first-order valence-electron chi connectivity index (χ1n) is 10.3. The molecule has 2 aromatic carbocycles. The van der Waals surface area contributed by atoms with Gasteiger partial charge >= 0.3 is 0 Å². The molecule has 0 unspecified atom stereocenters. The zero-order chi connectivity index (χ0) is 21.4. The van der Waals surface area contributed by atoms with E-state index in [2.05, 4.69) is 16.3 Å². The first-order valence-corrected chi connectivity index (χ1v) is 10.3.